The molecule has 1 fully saturated rings. The number of thiazole rings is 1. The largest absolute Gasteiger partial charge is 0.295 e. The average molecular weight is 196 g/mol. The van der Waals surface area contributed by atoms with E-state index in [4.69, 9.17) is 0 Å². The molecule has 1 saturated heterocycles. The van der Waals surface area contributed by atoms with E-state index in [9.17, 15) is 0 Å². The summed E-state index contributed by atoms with van der Waals surface area (Å²) in [7, 11) is 0. The minimum absolute atomic E-state index is 0.521. The minimum Gasteiger partial charge on any atom is -0.295 e. The van der Waals surface area contributed by atoms with Crippen molar-refractivity contribution in [1.82, 2.24) is 9.88 Å². The van der Waals surface area contributed by atoms with Crippen LogP contribution < -0.4 is 0 Å². The lowest BCUT2D eigenvalue weighted by Crippen LogP contribution is -2.23. The van der Waals surface area contributed by atoms with E-state index in [1.54, 1.807) is 11.3 Å². The maximum Gasteiger partial charge on any atom is 0.0898 e. The third kappa shape index (κ3) is 1.92. The summed E-state index contributed by atoms with van der Waals surface area (Å²) in [5.74, 6) is 0. The first kappa shape index (κ1) is 9.16. The van der Waals surface area contributed by atoms with Gasteiger partial charge in [0.15, 0.2) is 0 Å². The van der Waals surface area contributed by atoms with Crippen LogP contribution in [0.2, 0.25) is 0 Å². The zero-order chi connectivity index (χ0) is 9.26. The molecule has 0 spiro atoms. The minimum atomic E-state index is 0.521. The van der Waals surface area contributed by atoms with Crippen LogP contribution in [-0.4, -0.2) is 23.0 Å². The van der Waals surface area contributed by atoms with Gasteiger partial charge in [-0.3, -0.25) is 4.90 Å². The molecule has 1 aliphatic rings. The molecule has 1 aromatic heterocycles. The fraction of sp³-hybridized carbons (Fsp3) is 0.700. The van der Waals surface area contributed by atoms with Gasteiger partial charge in [-0.2, -0.15) is 0 Å². The molecule has 0 N–H and O–H groups in total. The molecule has 13 heavy (non-hydrogen) atoms. The Balaban J connectivity index is 2.07. The Hall–Kier alpha value is -0.410. The number of likely N-dealkylation sites (tertiary alicyclic amines) is 1. The molecule has 2 rings (SSSR count). The van der Waals surface area contributed by atoms with Crippen LogP contribution in [0.3, 0.4) is 0 Å². The van der Waals surface area contributed by atoms with Gasteiger partial charge in [-0.1, -0.05) is 0 Å². The van der Waals surface area contributed by atoms with E-state index in [2.05, 4.69) is 29.1 Å². The normalized spacial score (nSPS) is 20.8. The first-order valence-corrected chi connectivity index (χ1v) is 5.81. The highest BCUT2D eigenvalue weighted by Gasteiger charge is 2.20. The Labute approximate surface area is 83.6 Å². The molecule has 0 bridgehead atoms. The summed E-state index contributed by atoms with van der Waals surface area (Å²) < 4.78 is 0. The van der Waals surface area contributed by atoms with Gasteiger partial charge in [0.1, 0.15) is 0 Å². The van der Waals surface area contributed by atoms with Crippen LogP contribution in [0.4, 0.5) is 0 Å². The maximum absolute atomic E-state index is 4.53. The highest BCUT2D eigenvalue weighted by molar-refractivity contribution is 7.09. The van der Waals surface area contributed by atoms with Crippen LogP contribution in [0, 0.1) is 6.92 Å². The van der Waals surface area contributed by atoms with E-state index in [-0.39, 0.29) is 0 Å². The van der Waals surface area contributed by atoms with Gasteiger partial charge in [-0.15, -0.1) is 11.3 Å². The van der Waals surface area contributed by atoms with Crippen LogP contribution >= 0.6 is 11.3 Å². The maximum atomic E-state index is 4.53. The van der Waals surface area contributed by atoms with Crippen molar-refractivity contribution in [2.24, 2.45) is 0 Å². The Kier molecular flexibility index (Phi) is 2.65. The van der Waals surface area contributed by atoms with E-state index in [0.29, 0.717) is 6.04 Å². The number of hydrogen-bond acceptors (Lipinski definition) is 3. The number of rotatable bonds is 2. The van der Waals surface area contributed by atoms with Crippen LogP contribution in [-0.2, 0) is 0 Å². The third-order valence-electron chi connectivity index (χ3n) is 2.75. The molecule has 3 heteroatoms. The van der Waals surface area contributed by atoms with Crippen LogP contribution in [0.15, 0.2) is 5.38 Å². The first-order chi connectivity index (χ1) is 6.27. The lowest BCUT2D eigenvalue weighted by atomic mass is 10.2. The first-order valence-electron chi connectivity index (χ1n) is 4.93. The van der Waals surface area contributed by atoms with E-state index in [1.807, 2.05) is 0 Å². The predicted molar refractivity (Wildman–Crippen MR) is 56.1 cm³/mol. The zero-order valence-corrected chi connectivity index (χ0v) is 9.10. The fourth-order valence-corrected chi connectivity index (χ4v) is 2.59. The smallest absolute Gasteiger partial charge is 0.0898 e. The SMILES string of the molecule is Cc1nc(C(C)N2CCCC2)cs1. The second-order valence-electron chi connectivity index (χ2n) is 3.71. The molecular weight excluding hydrogens is 180 g/mol. The highest BCUT2D eigenvalue weighted by atomic mass is 32.1. The van der Waals surface area contributed by atoms with Crippen molar-refractivity contribution in [1.29, 1.82) is 0 Å². The third-order valence-corrected chi connectivity index (χ3v) is 3.54. The summed E-state index contributed by atoms with van der Waals surface area (Å²) in [6.45, 7) is 6.83. The van der Waals surface area contributed by atoms with Gasteiger partial charge in [0, 0.05) is 5.38 Å². The van der Waals surface area contributed by atoms with Gasteiger partial charge in [0.25, 0.3) is 0 Å². The van der Waals surface area contributed by atoms with Gasteiger partial charge >= 0.3 is 0 Å². The van der Waals surface area contributed by atoms with Crippen molar-refractivity contribution in [2.45, 2.75) is 32.7 Å². The molecule has 0 aromatic carbocycles. The summed E-state index contributed by atoms with van der Waals surface area (Å²) in [5.41, 5.74) is 1.25. The van der Waals surface area contributed by atoms with E-state index < -0.39 is 0 Å². The van der Waals surface area contributed by atoms with Crippen LogP contribution in [0.25, 0.3) is 0 Å². The molecule has 2 heterocycles. The Bertz CT molecular complexity index is 276. The second-order valence-corrected chi connectivity index (χ2v) is 4.77. The predicted octanol–water partition coefficient (Wildman–Crippen LogP) is 2.61. The average Bonchev–Trinajstić information content (AvgIpc) is 2.72. The van der Waals surface area contributed by atoms with Gasteiger partial charge < -0.3 is 0 Å². The lowest BCUT2D eigenvalue weighted by molar-refractivity contribution is 0.259. The zero-order valence-electron chi connectivity index (χ0n) is 8.29. The summed E-state index contributed by atoms with van der Waals surface area (Å²) in [4.78, 5) is 7.05. The number of nitrogens with zero attached hydrogens (tertiary/aromatic N) is 2. The molecule has 1 aliphatic heterocycles. The number of hydrogen-bond donors (Lipinski definition) is 0. The molecule has 1 unspecified atom stereocenters. The standard InChI is InChI=1S/C10H16N2S/c1-8(12-5-3-4-6-12)10-7-13-9(2)11-10/h7-8H,3-6H2,1-2H3. The van der Waals surface area contributed by atoms with E-state index in [0.717, 1.165) is 0 Å². The van der Waals surface area contributed by atoms with Crippen LogP contribution in [0.1, 0.15) is 36.5 Å². The molecule has 0 amide bonds. The summed E-state index contributed by atoms with van der Waals surface area (Å²) in [6, 6.07) is 0.521. The molecular formula is C10H16N2S. The molecule has 72 valence electrons. The van der Waals surface area contributed by atoms with E-state index >= 15 is 0 Å². The quantitative estimate of drug-likeness (QED) is 0.723. The van der Waals surface area contributed by atoms with E-state index in [1.165, 1.54) is 36.6 Å². The lowest BCUT2D eigenvalue weighted by Gasteiger charge is -2.21. The Morgan fingerprint density at radius 3 is 2.69 bits per heavy atom. The highest BCUT2D eigenvalue weighted by Crippen LogP contribution is 2.25. The fourth-order valence-electron chi connectivity index (χ4n) is 1.89. The van der Waals surface area contributed by atoms with Gasteiger partial charge in [-0.05, 0) is 39.8 Å². The van der Waals surface area contributed by atoms with Crippen molar-refractivity contribution in [2.75, 3.05) is 13.1 Å². The Morgan fingerprint density at radius 1 is 1.46 bits per heavy atom. The summed E-state index contributed by atoms with van der Waals surface area (Å²) in [6.07, 6.45) is 2.71. The van der Waals surface area contributed by atoms with Gasteiger partial charge in [-0.25, -0.2) is 4.98 Å². The van der Waals surface area contributed by atoms with Crippen molar-refractivity contribution in [3.8, 4) is 0 Å². The van der Waals surface area contributed by atoms with Gasteiger partial charge in [0.05, 0.1) is 16.7 Å². The van der Waals surface area contributed by atoms with Crippen molar-refractivity contribution < 1.29 is 0 Å². The monoisotopic (exact) mass is 196 g/mol. The van der Waals surface area contributed by atoms with Gasteiger partial charge in [0.2, 0.25) is 0 Å². The van der Waals surface area contributed by atoms with Crippen molar-refractivity contribution >= 4 is 11.3 Å². The summed E-state index contributed by atoms with van der Waals surface area (Å²) >= 11 is 1.75. The Morgan fingerprint density at radius 2 is 2.15 bits per heavy atom. The molecule has 1 aromatic rings. The van der Waals surface area contributed by atoms with Crippen molar-refractivity contribution in [3.63, 3.8) is 0 Å². The molecule has 2 nitrogen and oxygen atoms in total. The molecule has 1 atom stereocenters. The topological polar surface area (TPSA) is 16.1 Å². The second kappa shape index (κ2) is 3.76. The summed E-state index contributed by atoms with van der Waals surface area (Å²) in [5, 5.41) is 3.37. The molecule has 0 saturated carbocycles. The van der Waals surface area contributed by atoms with Crippen LogP contribution in [0.5, 0.6) is 0 Å². The number of aryl methyl sites for hydroxylation is 1. The molecule has 0 radical (unpaired) electrons. The number of aromatic nitrogens is 1. The van der Waals surface area contributed by atoms with Crippen molar-refractivity contribution in [3.05, 3.63) is 16.1 Å². The molecule has 0 aliphatic carbocycles.